The van der Waals surface area contributed by atoms with Gasteiger partial charge in [0.1, 0.15) is 0 Å². The highest BCUT2D eigenvalue weighted by molar-refractivity contribution is 6.13. The van der Waals surface area contributed by atoms with Gasteiger partial charge in [-0.3, -0.25) is 0 Å². The van der Waals surface area contributed by atoms with E-state index < -0.39 is 0 Å². The highest BCUT2D eigenvalue weighted by Crippen LogP contribution is 2.48. The van der Waals surface area contributed by atoms with Crippen molar-refractivity contribution in [3.63, 3.8) is 0 Å². The molecule has 1 aromatic heterocycles. The minimum atomic E-state index is 0.281. The maximum Gasteiger partial charge on any atom is 0.0943 e. The number of hydrogen-bond acceptors (Lipinski definition) is 2. The fourth-order valence-corrected chi connectivity index (χ4v) is 7.23. The van der Waals surface area contributed by atoms with E-state index in [0.717, 1.165) is 24.8 Å². The molecule has 0 saturated heterocycles. The minimum absolute atomic E-state index is 0.281. The predicted octanol–water partition coefficient (Wildman–Crippen LogP) is 9.37. The summed E-state index contributed by atoms with van der Waals surface area (Å²) < 4.78 is 2.56. The van der Waals surface area contributed by atoms with Crippen molar-refractivity contribution in [3.8, 4) is 17.2 Å². The van der Waals surface area contributed by atoms with Crippen molar-refractivity contribution in [2.75, 3.05) is 4.90 Å². The average Bonchev–Trinajstić information content (AvgIpc) is 3.54. The van der Waals surface area contributed by atoms with E-state index in [1.807, 2.05) is 0 Å². The molecule has 4 aromatic carbocycles. The van der Waals surface area contributed by atoms with Crippen molar-refractivity contribution in [2.24, 2.45) is 0 Å². The number of anilines is 2. The van der Waals surface area contributed by atoms with E-state index in [1.54, 1.807) is 0 Å². The van der Waals surface area contributed by atoms with Crippen LogP contribution in [0.4, 0.5) is 11.4 Å². The monoisotopic (exact) mass is 515 g/mol. The van der Waals surface area contributed by atoms with Crippen LogP contribution in [0.2, 0.25) is 0 Å². The topological polar surface area (TPSA) is 32.0 Å². The van der Waals surface area contributed by atoms with E-state index >= 15 is 0 Å². The summed E-state index contributed by atoms with van der Waals surface area (Å²) in [4.78, 5) is 2.51. The Hall–Kier alpha value is -4.81. The second-order valence-electron chi connectivity index (χ2n) is 11.1. The highest BCUT2D eigenvalue weighted by Gasteiger charge is 2.37. The van der Waals surface area contributed by atoms with Gasteiger partial charge in [0.05, 0.1) is 17.6 Å². The standard InChI is InChI=1S/C37H29N3/c38-24-25-19-21-27(22-20-25)40-36-18-6-3-13-32(36)33-15-8-14-29(37(33)40)26-9-7-10-28(23-26)39-34-16-4-1-11-30(34)31-12-2-5-17-35(31)39/h1-19,23,27,30,34H,20-22H2. The van der Waals surface area contributed by atoms with E-state index in [0.29, 0.717) is 12.0 Å². The van der Waals surface area contributed by atoms with Gasteiger partial charge >= 0.3 is 0 Å². The third-order valence-corrected chi connectivity index (χ3v) is 9.02. The smallest absolute Gasteiger partial charge is 0.0943 e. The first-order chi connectivity index (χ1) is 19.8. The number of rotatable bonds is 3. The predicted molar refractivity (Wildman–Crippen MR) is 165 cm³/mol. The zero-order valence-corrected chi connectivity index (χ0v) is 22.2. The van der Waals surface area contributed by atoms with Gasteiger partial charge in [-0.1, -0.05) is 97.1 Å². The van der Waals surface area contributed by atoms with Gasteiger partial charge in [-0.25, -0.2) is 0 Å². The van der Waals surface area contributed by atoms with Crippen molar-refractivity contribution < 1.29 is 0 Å². The zero-order valence-electron chi connectivity index (χ0n) is 22.2. The Morgan fingerprint density at radius 1 is 0.800 bits per heavy atom. The van der Waals surface area contributed by atoms with E-state index in [4.69, 9.17) is 0 Å². The Bertz CT molecular complexity index is 1930. The van der Waals surface area contributed by atoms with Crippen LogP contribution in [0.15, 0.2) is 127 Å². The van der Waals surface area contributed by atoms with Gasteiger partial charge in [-0.05, 0) is 54.7 Å². The van der Waals surface area contributed by atoms with Gasteiger partial charge in [-0.15, -0.1) is 0 Å². The molecule has 0 amide bonds. The van der Waals surface area contributed by atoms with Crippen LogP contribution in [0.25, 0.3) is 32.9 Å². The fraction of sp³-hybridized carbons (Fsp3) is 0.162. The lowest BCUT2D eigenvalue weighted by atomic mass is 9.91. The van der Waals surface area contributed by atoms with Gasteiger partial charge in [0.15, 0.2) is 0 Å². The SMILES string of the molecule is N#CC1=CCC(n2c3ccccc3c3cccc(-c4cccc(N5c6ccccc6C6C=CC=CC65)c4)c32)CC1. The van der Waals surface area contributed by atoms with E-state index in [-0.39, 0.29) is 6.04 Å². The van der Waals surface area contributed by atoms with Gasteiger partial charge < -0.3 is 9.47 Å². The van der Waals surface area contributed by atoms with Gasteiger partial charge in [0, 0.05) is 50.8 Å². The van der Waals surface area contributed by atoms with Crippen molar-refractivity contribution in [1.29, 1.82) is 5.26 Å². The summed E-state index contributed by atoms with van der Waals surface area (Å²) in [5, 5.41) is 12.0. The summed E-state index contributed by atoms with van der Waals surface area (Å²) >= 11 is 0. The normalized spacial score (nSPS) is 21.3. The average molecular weight is 516 g/mol. The molecular formula is C37H29N3. The van der Waals surface area contributed by atoms with Gasteiger partial charge in [0.25, 0.3) is 0 Å². The largest absolute Gasteiger partial charge is 0.337 e. The Balaban J connectivity index is 1.31. The Kier molecular flexibility index (Phi) is 5.28. The van der Waals surface area contributed by atoms with Crippen molar-refractivity contribution in [3.05, 3.63) is 133 Å². The zero-order chi connectivity index (χ0) is 26.6. The molecule has 0 N–H and O–H groups in total. The number of nitriles is 1. The van der Waals surface area contributed by atoms with Crippen LogP contribution in [-0.2, 0) is 0 Å². The third-order valence-electron chi connectivity index (χ3n) is 9.02. The Labute approximate surface area is 234 Å². The Morgan fingerprint density at radius 2 is 1.62 bits per heavy atom. The highest BCUT2D eigenvalue weighted by atomic mass is 15.2. The number of allylic oxidation sites excluding steroid dienone is 4. The summed E-state index contributed by atoms with van der Waals surface area (Å²) in [6.45, 7) is 0. The molecule has 5 aromatic rings. The molecule has 2 aliphatic carbocycles. The third kappa shape index (κ3) is 3.43. The lowest BCUT2D eigenvalue weighted by molar-refractivity contribution is 0.480. The molecular weight excluding hydrogens is 486 g/mol. The number of aromatic nitrogens is 1. The second-order valence-corrected chi connectivity index (χ2v) is 11.1. The lowest BCUT2D eigenvalue weighted by Crippen LogP contribution is -2.28. The van der Waals surface area contributed by atoms with Crippen LogP contribution in [0, 0.1) is 11.3 Å². The molecule has 192 valence electrons. The molecule has 0 radical (unpaired) electrons. The lowest BCUT2D eigenvalue weighted by Gasteiger charge is -2.29. The molecule has 1 aliphatic heterocycles. The molecule has 3 unspecified atom stereocenters. The fourth-order valence-electron chi connectivity index (χ4n) is 7.23. The van der Waals surface area contributed by atoms with Crippen LogP contribution in [0.5, 0.6) is 0 Å². The number of fused-ring (bicyclic) bond motifs is 6. The molecule has 0 spiro atoms. The number of nitrogens with zero attached hydrogens (tertiary/aromatic N) is 3. The molecule has 0 fully saturated rings. The minimum Gasteiger partial charge on any atom is -0.337 e. The Morgan fingerprint density at radius 3 is 2.52 bits per heavy atom. The first-order valence-corrected chi connectivity index (χ1v) is 14.3. The van der Waals surface area contributed by atoms with E-state index in [9.17, 15) is 5.26 Å². The van der Waals surface area contributed by atoms with Crippen LogP contribution < -0.4 is 4.90 Å². The van der Waals surface area contributed by atoms with Crippen molar-refractivity contribution in [1.82, 2.24) is 4.57 Å². The first kappa shape index (κ1) is 23.1. The molecule has 0 bridgehead atoms. The molecule has 8 rings (SSSR count). The number of para-hydroxylation sites is 3. The molecule has 40 heavy (non-hydrogen) atoms. The van der Waals surface area contributed by atoms with Crippen molar-refractivity contribution >= 4 is 33.2 Å². The summed E-state index contributed by atoms with van der Waals surface area (Å²) in [5.41, 5.74) is 9.87. The summed E-state index contributed by atoms with van der Waals surface area (Å²) in [7, 11) is 0. The van der Waals surface area contributed by atoms with Crippen molar-refractivity contribution in [2.45, 2.75) is 37.3 Å². The van der Waals surface area contributed by atoms with E-state index in [1.165, 1.54) is 49.9 Å². The summed E-state index contributed by atoms with van der Waals surface area (Å²) in [6, 6.07) is 36.4. The molecule has 3 heteroatoms. The molecule has 0 saturated carbocycles. The molecule has 3 nitrogen and oxygen atoms in total. The maximum atomic E-state index is 9.46. The summed E-state index contributed by atoms with van der Waals surface area (Å²) in [6.07, 6.45) is 13.9. The first-order valence-electron chi connectivity index (χ1n) is 14.3. The van der Waals surface area contributed by atoms with Gasteiger partial charge in [-0.2, -0.15) is 5.26 Å². The van der Waals surface area contributed by atoms with Crippen LogP contribution in [0.1, 0.15) is 36.8 Å². The second kappa shape index (κ2) is 9.14. The maximum absolute atomic E-state index is 9.46. The van der Waals surface area contributed by atoms with Crippen LogP contribution in [0.3, 0.4) is 0 Å². The van der Waals surface area contributed by atoms with Gasteiger partial charge in [0.2, 0.25) is 0 Å². The van der Waals surface area contributed by atoms with Crippen LogP contribution >= 0.6 is 0 Å². The number of hydrogen-bond donors (Lipinski definition) is 0. The molecule has 3 atom stereocenters. The molecule has 3 aliphatic rings. The quantitative estimate of drug-likeness (QED) is 0.240. The number of benzene rings is 4. The van der Waals surface area contributed by atoms with Crippen LogP contribution in [-0.4, -0.2) is 10.6 Å². The molecule has 2 heterocycles. The summed E-state index contributed by atoms with van der Waals surface area (Å²) in [5.74, 6) is 0.369. The van der Waals surface area contributed by atoms with E-state index in [2.05, 4.69) is 137 Å².